The van der Waals surface area contributed by atoms with Crippen LogP contribution in [0.1, 0.15) is 11.1 Å². The molecule has 0 radical (unpaired) electrons. The molecule has 1 N–H and O–H groups in total. The number of ether oxygens (including phenoxy) is 1. The first-order valence-corrected chi connectivity index (χ1v) is 9.12. The molecule has 0 unspecified atom stereocenters. The number of nitro groups is 2. The molecule has 0 spiro atoms. The van der Waals surface area contributed by atoms with Gasteiger partial charge in [-0.1, -0.05) is 48.5 Å². The molecule has 0 aliphatic rings. The van der Waals surface area contributed by atoms with Crippen LogP contribution in [0.2, 0.25) is 0 Å². The maximum absolute atomic E-state index is 11.4. The summed E-state index contributed by atoms with van der Waals surface area (Å²) in [6.45, 7) is 0. The molecule has 31 heavy (non-hydrogen) atoms. The first-order chi connectivity index (χ1) is 15.0. The van der Waals surface area contributed by atoms with Gasteiger partial charge in [-0.2, -0.15) is 5.10 Å². The summed E-state index contributed by atoms with van der Waals surface area (Å²) in [7, 11) is 1.58. The fourth-order valence-corrected chi connectivity index (χ4v) is 2.73. The fourth-order valence-electron chi connectivity index (χ4n) is 2.73. The lowest BCUT2D eigenvalue weighted by Crippen LogP contribution is -2.03. The third-order valence-corrected chi connectivity index (χ3v) is 4.28. The van der Waals surface area contributed by atoms with Gasteiger partial charge in [-0.25, -0.2) is 0 Å². The monoisotopic (exact) mass is 418 g/mol. The van der Waals surface area contributed by atoms with Crippen LogP contribution in [-0.4, -0.2) is 22.7 Å². The molecule has 0 saturated carbocycles. The molecule has 0 saturated heterocycles. The summed E-state index contributed by atoms with van der Waals surface area (Å²) < 4.78 is 5.23. The summed E-state index contributed by atoms with van der Waals surface area (Å²) in [5.41, 5.74) is 4.06. The van der Waals surface area contributed by atoms with Gasteiger partial charge in [0, 0.05) is 11.6 Å². The van der Waals surface area contributed by atoms with Gasteiger partial charge >= 0.3 is 5.69 Å². The molecular weight excluding hydrogens is 400 g/mol. The van der Waals surface area contributed by atoms with Crippen LogP contribution in [0.3, 0.4) is 0 Å². The highest BCUT2D eigenvalue weighted by molar-refractivity contribution is 6.11. The highest BCUT2D eigenvalue weighted by Crippen LogP contribution is 2.29. The van der Waals surface area contributed by atoms with Gasteiger partial charge in [0.05, 0.1) is 28.7 Å². The number of allylic oxidation sites excluding steroid dienone is 1. The number of nitro benzene ring substituents is 2. The van der Waals surface area contributed by atoms with Crippen molar-refractivity contribution < 1.29 is 14.6 Å². The Morgan fingerprint density at radius 1 is 0.968 bits per heavy atom. The smallest absolute Gasteiger partial charge is 0.301 e. The number of methoxy groups -OCH3 is 1. The molecular formula is C22H18N4O5. The molecule has 3 rings (SSSR count). The van der Waals surface area contributed by atoms with Crippen LogP contribution in [-0.2, 0) is 0 Å². The molecule has 0 aliphatic carbocycles. The third kappa shape index (κ3) is 5.51. The van der Waals surface area contributed by atoms with Gasteiger partial charge in [-0.15, -0.1) is 0 Å². The standard InChI is InChI=1S/C22H18N4O5/c1-31-19-9-5-6-16(14-19)10-12-20(17-7-3-2-4-8-17)23-24-21-13-11-18(25(27)28)15-22(21)26(29)30/h2-15,24H,1H3/b12-10+,23-20+. The Kier molecular flexibility index (Phi) is 6.69. The maximum atomic E-state index is 11.4. The predicted molar refractivity (Wildman–Crippen MR) is 118 cm³/mol. The molecule has 0 heterocycles. The largest absolute Gasteiger partial charge is 0.497 e. The molecule has 156 valence electrons. The molecule has 0 aliphatic heterocycles. The second kappa shape index (κ2) is 9.79. The molecule has 9 heteroatoms. The van der Waals surface area contributed by atoms with Crippen molar-refractivity contribution in [1.82, 2.24) is 0 Å². The van der Waals surface area contributed by atoms with Crippen LogP contribution in [0.4, 0.5) is 17.1 Å². The minimum Gasteiger partial charge on any atom is -0.497 e. The minimum absolute atomic E-state index is 0.0406. The molecule has 0 aromatic heterocycles. The van der Waals surface area contributed by atoms with Crippen molar-refractivity contribution >= 4 is 28.8 Å². The van der Waals surface area contributed by atoms with E-state index in [1.54, 1.807) is 13.2 Å². The van der Waals surface area contributed by atoms with Crippen molar-refractivity contribution in [2.24, 2.45) is 5.10 Å². The van der Waals surface area contributed by atoms with Crippen molar-refractivity contribution in [2.45, 2.75) is 0 Å². The van der Waals surface area contributed by atoms with E-state index in [1.165, 1.54) is 12.1 Å². The fraction of sp³-hybridized carbons (Fsp3) is 0.0455. The molecule has 0 fully saturated rings. The molecule has 9 nitrogen and oxygen atoms in total. The lowest BCUT2D eigenvalue weighted by atomic mass is 10.1. The van der Waals surface area contributed by atoms with Crippen LogP contribution in [0.15, 0.2) is 84.0 Å². The van der Waals surface area contributed by atoms with Crippen molar-refractivity contribution in [2.75, 3.05) is 12.5 Å². The van der Waals surface area contributed by atoms with Gasteiger partial charge < -0.3 is 4.74 Å². The van der Waals surface area contributed by atoms with Gasteiger partial charge in [0.15, 0.2) is 0 Å². The minimum atomic E-state index is -0.695. The van der Waals surface area contributed by atoms with Crippen LogP contribution in [0.25, 0.3) is 6.08 Å². The van der Waals surface area contributed by atoms with E-state index in [1.807, 2.05) is 60.7 Å². The predicted octanol–water partition coefficient (Wildman–Crippen LogP) is 5.04. The number of anilines is 1. The van der Waals surface area contributed by atoms with E-state index in [9.17, 15) is 20.2 Å². The van der Waals surface area contributed by atoms with Crippen molar-refractivity contribution in [3.05, 3.63) is 110 Å². The summed E-state index contributed by atoms with van der Waals surface area (Å²) in [5.74, 6) is 0.708. The summed E-state index contributed by atoms with van der Waals surface area (Å²) >= 11 is 0. The van der Waals surface area contributed by atoms with Gasteiger partial charge in [0.25, 0.3) is 5.69 Å². The van der Waals surface area contributed by atoms with Gasteiger partial charge in [-0.05, 0) is 29.8 Å². The van der Waals surface area contributed by atoms with E-state index in [0.717, 1.165) is 17.2 Å². The van der Waals surface area contributed by atoms with Crippen molar-refractivity contribution in [3.8, 4) is 5.75 Å². The van der Waals surface area contributed by atoms with E-state index >= 15 is 0 Å². The zero-order chi connectivity index (χ0) is 22.2. The normalized spacial score (nSPS) is 11.3. The first kappa shape index (κ1) is 21.2. The van der Waals surface area contributed by atoms with E-state index in [2.05, 4.69) is 10.5 Å². The molecule has 0 amide bonds. The number of nitrogens with zero attached hydrogens (tertiary/aromatic N) is 3. The average Bonchev–Trinajstić information content (AvgIpc) is 2.79. The van der Waals surface area contributed by atoms with Crippen LogP contribution >= 0.6 is 0 Å². The Labute approximate surface area is 177 Å². The number of hydrogen-bond donors (Lipinski definition) is 1. The highest BCUT2D eigenvalue weighted by Gasteiger charge is 2.19. The number of non-ortho nitro benzene ring substituents is 1. The third-order valence-electron chi connectivity index (χ3n) is 4.28. The number of hydrogen-bond acceptors (Lipinski definition) is 7. The Bertz CT molecular complexity index is 1160. The Morgan fingerprint density at radius 3 is 2.42 bits per heavy atom. The average molecular weight is 418 g/mol. The summed E-state index contributed by atoms with van der Waals surface area (Å²) in [4.78, 5) is 20.9. The Morgan fingerprint density at radius 2 is 1.74 bits per heavy atom. The lowest BCUT2D eigenvalue weighted by Gasteiger charge is -2.06. The zero-order valence-electron chi connectivity index (χ0n) is 16.5. The number of benzene rings is 3. The zero-order valence-corrected chi connectivity index (χ0v) is 16.5. The molecule has 0 bridgehead atoms. The second-order valence-corrected chi connectivity index (χ2v) is 6.30. The number of nitrogens with one attached hydrogen (secondary N) is 1. The summed E-state index contributed by atoms with van der Waals surface area (Å²) in [6.07, 6.45) is 3.59. The lowest BCUT2D eigenvalue weighted by molar-refractivity contribution is -0.393. The Hall–Kier alpha value is -4.53. The Balaban J connectivity index is 1.96. The van der Waals surface area contributed by atoms with E-state index in [4.69, 9.17) is 4.74 Å². The van der Waals surface area contributed by atoms with Crippen molar-refractivity contribution in [1.29, 1.82) is 0 Å². The topological polar surface area (TPSA) is 120 Å². The van der Waals surface area contributed by atoms with Crippen LogP contribution < -0.4 is 10.2 Å². The van der Waals surface area contributed by atoms with Gasteiger partial charge in [-0.3, -0.25) is 25.7 Å². The highest BCUT2D eigenvalue weighted by atomic mass is 16.6. The van der Waals surface area contributed by atoms with Gasteiger partial charge in [0.1, 0.15) is 11.4 Å². The van der Waals surface area contributed by atoms with E-state index in [0.29, 0.717) is 11.5 Å². The van der Waals surface area contributed by atoms with Gasteiger partial charge in [0.2, 0.25) is 0 Å². The van der Waals surface area contributed by atoms with E-state index < -0.39 is 15.5 Å². The summed E-state index contributed by atoms with van der Waals surface area (Å²) in [6, 6.07) is 20.0. The van der Waals surface area contributed by atoms with E-state index in [-0.39, 0.29) is 11.4 Å². The van der Waals surface area contributed by atoms with Crippen molar-refractivity contribution in [3.63, 3.8) is 0 Å². The SMILES string of the molecule is COc1cccc(/C=C/C(=N\Nc2ccc([N+](=O)[O-])cc2[N+](=O)[O-])c2ccccc2)c1. The van der Waals surface area contributed by atoms with Crippen LogP contribution in [0, 0.1) is 20.2 Å². The first-order valence-electron chi connectivity index (χ1n) is 9.12. The maximum Gasteiger partial charge on any atom is 0.301 e. The quantitative estimate of drug-likeness (QED) is 0.311. The summed E-state index contributed by atoms with van der Waals surface area (Å²) in [5, 5.41) is 26.6. The molecule has 3 aromatic rings. The number of hydrazone groups is 1. The number of rotatable bonds is 8. The molecule has 3 aromatic carbocycles. The second-order valence-electron chi connectivity index (χ2n) is 6.30. The van der Waals surface area contributed by atoms with Crippen LogP contribution in [0.5, 0.6) is 5.75 Å². The molecule has 0 atom stereocenters.